The first-order valence-corrected chi connectivity index (χ1v) is 41.5. The molecule has 0 atom stereocenters. The fourth-order valence-corrected chi connectivity index (χ4v) is 17.0. The molecule has 1 aromatic heterocycles. The number of rotatable bonds is 39. The van der Waals surface area contributed by atoms with Crippen molar-refractivity contribution in [3.8, 4) is 5.69 Å². The van der Waals surface area contributed by atoms with Crippen LogP contribution in [-0.4, -0.2) is 180 Å². The van der Waals surface area contributed by atoms with Gasteiger partial charge < -0.3 is 44.1 Å². The number of fused-ring (bicyclic) bond motifs is 7. The smallest absolute Gasteiger partial charge is 0.264 e. The third kappa shape index (κ3) is 20.1. The normalized spacial score (nSPS) is 17.0. The van der Waals surface area contributed by atoms with Gasteiger partial charge in [-0.15, -0.1) is 0 Å². The van der Waals surface area contributed by atoms with Gasteiger partial charge in [-0.25, -0.2) is 4.68 Å². The summed E-state index contributed by atoms with van der Waals surface area (Å²) in [5, 5.41) is 16.5. The average Bonchev–Trinajstić information content (AvgIpc) is 1.58. The van der Waals surface area contributed by atoms with E-state index in [4.69, 9.17) is 28.8 Å². The molecule has 2 aliphatic carbocycles. The molecule has 0 bridgehead atoms. The predicted molar refractivity (Wildman–Crippen MR) is 431 cm³/mol. The lowest BCUT2D eigenvalue weighted by atomic mass is 9.75. The molecule has 0 saturated heterocycles. The van der Waals surface area contributed by atoms with Crippen molar-refractivity contribution in [3.63, 3.8) is 0 Å². The molecule has 0 fully saturated rings. The molecule has 0 radical (unpaired) electrons. The zero-order valence-electron chi connectivity index (χ0n) is 64.5. The second-order valence-corrected chi connectivity index (χ2v) is 34.0. The lowest BCUT2D eigenvalue weighted by Crippen LogP contribution is -2.28. The number of benzene rings is 6. The van der Waals surface area contributed by atoms with Gasteiger partial charge in [-0.1, -0.05) is 125 Å². The lowest BCUT2D eigenvalue weighted by Gasteiger charge is -2.29. The Morgan fingerprint density at radius 2 is 1.27 bits per heavy atom. The Kier molecular flexibility index (Phi) is 27.2. The number of ketones is 1. The molecule has 1 amide bonds. The van der Waals surface area contributed by atoms with Crippen LogP contribution in [0.3, 0.4) is 0 Å². The molecule has 2 aliphatic heterocycles. The third-order valence-electron chi connectivity index (χ3n) is 21.1. The summed E-state index contributed by atoms with van der Waals surface area (Å²) in [7, 11) is -4.74. The van der Waals surface area contributed by atoms with Gasteiger partial charge in [0.15, 0.2) is 11.5 Å². The summed E-state index contributed by atoms with van der Waals surface area (Å²) < 4.78 is 100. The molecular formula is C86H110N7O13S2+. The van der Waals surface area contributed by atoms with Crippen LogP contribution in [0, 0.1) is 12.3 Å². The maximum Gasteiger partial charge on any atom is 0.264 e. The van der Waals surface area contributed by atoms with E-state index in [-0.39, 0.29) is 28.6 Å². The van der Waals surface area contributed by atoms with Crippen molar-refractivity contribution in [1.82, 2.24) is 20.0 Å². The number of hydrogen-bond donors (Lipinski definition) is 4. The highest BCUT2D eigenvalue weighted by Gasteiger charge is 2.46. The second kappa shape index (κ2) is 36.2. The fourth-order valence-electron chi connectivity index (χ4n) is 15.8. The van der Waals surface area contributed by atoms with Gasteiger partial charge >= 0.3 is 0 Å². The minimum Gasteiger partial charge on any atom is -0.384 e. The van der Waals surface area contributed by atoms with E-state index >= 15 is 0 Å². The summed E-state index contributed by atoms with van der Waals surface area (Å²) >= 11 is 0. The van der Waals surface area contributed by atoms with Gasteiger partial charge in [0.05, 0.1) is 103 Å². The number of aromatic nitrogens is 2. The molecule has 4 N–H and O–H groups in total. The minimum absolute atomic E-state index is 0.109. The minimum atomic E-state index is -4.11. The van der Waals surface area contributed by atoms with Gasteiger partial charge in [0.2, 0.25) is 5.69 Å². The molecule has 7 aromatic rings. The molecule has 0 spiro atoms. The van der Waals surface area contributed by atoms with Crippen molar-refractivity contribution in [2.75, 3.05) is 128 Å². The largest absolute Gasteiger partial charge is 0.384 e. The van der Waals surface area contributed by atoms with Crippen molar-refractivity contribution in [1.29, 1.82) is 0 Å². The number of allylic oxidation sites excluding steroid dienone is 8. The van der Waals surface area contributed by atoms with Gasteiger partial charge in [0, 0.05) is 93.9 Å². The fraction of sp³-hybridized carbons (Fsp3) is 0.465. The summed E-state index contributed by atoms with van der Waals surface area (Å²) in [5.41, 5.74) is 16.2. The summed E-state index contributed by atoms with van der Waals surface area (Å²) in [5.74, 6) is -0.569. The van der Waals surface area contributed by atoms with E-state index in [1.807, 2.05) is 29.8 Å². The Morgan fingerprint density at radius 3 is 1.93 bits per heavy atom. The lowest BCUT2D eigenvalue weighted by molar-refractivity contribution is -0.436. The van der Waals surface area contributed by atoms with E-state index in [2.05, 4.69) is 183 Å². The summed E-state index contributed by atoms with van der Waals surface area (Å²) in [6.45, 7) is 23.2. The summed E-state index contributed by atoms with van der Waals surface area (Å²) in [4.78, 5) is 30.2. The first kappa shape index (κ1) is 81.0. The van der Waals surface area contributed by atoms with E-state index in [1.165, 1.54) is 33.2 Å². The number of carbonyl (C=O) groups excluding carboxylic acids is 2. The summed E-state index contributed by atoms with van der Waals surface area (Å²) in [6.07, 6.45) is 16.4. The van der Waals surface area contributed by atoms with Crippen LogP contribution in [-0.2, 0) is 67.7 Å². The molecule has 578 valence electrons. The Balaban J connectivity index is 0.652. The maximum atomic E-state index is 13.2. The monoisotopic (exact) mass is 1510 g/mol. The Morgan fingerprint density at radius 1 is 0.657 bits per heavy atom. The van der Waals surface area contributed by atoms with Crippen LogP contribution in [0.5, 0.6) is 0 Å². The highest BCUT2D eigenvalue weighted by atomic mass is 32.2. The molecule has 4 aliphatic rings. The average molecular weight is 1510 g/mol. The van der Waals surface area contributed by atoms with Crippen LogP contribution < -0.4 is 15.5 Å². The van der Waals surface area contributed by atoms with Gasteiger partial charge in [0.1, 0.15) is 6.54 Å². The quantitative estimate of drug-likeness (QED) is 0.0159. The third-order valence-corrected chi connectivity index (χ3v) is 22.7. The first-order valence-electron chi connectivity index (χ1n) is 38.3. The SMILES string of the molecule is Cc1nn(-c2ccc(C(=O)N(C)C)c(NCCCOCCOCCOCCOCCOCCCNCc3ccc(C4=C(/C=C/C5=[N+](CCCCS(=O)(=O)O)c6c(ccc7ccccc67)C5(C)C)CCC/C4=C\C=C4/N(CCCCS(=O)(=O)O)c5ccc6ccccc6c5C4(C)C)cc3)c2)c2c1C(=O)CC(C)(C)C2. The Bertz CT molecular complexity index is 4780. The zero-order chi connectivity index (χ0) is 76.8. The van der Waals surface area contributed by atoms with E-state index < -0.39 is 31.1 Å². The molecule has 20 nitrogen and oxygen atoms in total. The predicted octanol–water partition coefficient (Wildman–Crippen LogP) is 14.9. The zero-order valence-corrected chi connectivity index (χ0v) is 66.1. The number of Topliss-reactive ketones (excluding diaryl/α,β-unsaturated/α-hetero) is 1. The number of amides is 1. The molecule has 6 aromatic carbocycles. The Hall–Kier alpha value is -8.00. The highest BCUT2D eigenvalue weighted by Crippen LogP contribution is 2.52. The molecular weight excluding hydrogens is 1400 g/mol. The van der Waals surface area contributed by atoms with E-state index in [1.54, 1.807) is 19.0 Å². The number of hydrogen-bond acceptors (Lipinski definition) is 15. The van der Waals surface area contributed by atoms with Crippen LogP contribution in [0.25, 0.3) is 32.8 Å². The second-order valence-electron chi connectivity index (χ2n) is 30.9. The van der Waals surface area contributed by atoms with Crippen molar-refractivity contribution < 1.29 is 63.8 Å². The van der Waals surface area contributed by atoms with Crippen LogP contribution in [0.1, 0.15) is 160 Å². The molecule has 0 saturated carbocycles. The van der Waals surface area contributed by atoms with Crippen molar-refractivity contribution >= 4 is 81.8 Å². The van der Waals surface area contributed by atoms with Gasteiger partial charge in [0.25, 0.3) is 26.1 Å². The molecule has 0 unspecified atom stereocenters. The summed E-state index contributed by atoms with van der Waals surface area (Å²) in [6, 6.07) is 40.2. The van der Waals surface area contributed by atoms with Crippen molar-refractivity contribution in [2.24, 2.45) is 5.41 Å². The number of nitrogens with zero attached hydrogens (tertiary/aromatic N) is 5. The number of unbranched alkanes of at least 4 members (excludes halogenated alkanes) is 2. The van der Waals surface area contributed by atoms with Crippen molar-refractivity contribution in [3.05, 3.63) is 201 Å². The van der Waals surface area contributed by atoms with Gasteiger partial charge in [-0.3, -0.25) is 18.7 Å². The number of ether oxygens (including phenoxy) is 5. The van der Waals surface area contributed by atoms with Crippen LogP contribution in [0.2, 0.25) is 0 Å². The van der Waals surface area contributed by atoms with E-state index in [9.17, 15) is 35.5 Å². The molecule has 11 rings (SSSR count). The Labute approximate surface area is 638 Å². The van der Waals surface area contributed by atoms with Crippen LogP contribution >= 0.6 is 0 Å². The van der Waals surface area contributed by atoms with E-state index in [0.717, 1.165) is 106 Å². The van der Waals surface area contributed by atoms with Crippen LogP contribution in [0.4, 0.5) is 17.1 Å². The van der Waals surface area contributed by atoms with Crippen molar-refractivity contribution in [2.45, 2.75) is 136 Å². The van der Waals surface area contributed by atoms with E-state index in [0.29, 0.717) is 148 Å². The molecule has 3 heterocycles. The highest BCUT2D eigenvalue weighted by molar-refractivity contribution is 7.86. The number of nitrogens with one attached hydrogen (secondary N) is 2. The maximum absolute atomic E-state index is 13.2. The standard InChI is InChI=1S/C86H109N7O13S2/c1-61-79-75(58-84(2,3)59-76(79)94)93(89-61)68-35-36-71(83(95)90(8)9)73(57-68)88-42-20-46-103-48-50-105-52-54-106-53-51-104-49-47-102-45-19-41-87-60-62-27-29-67(30-28-62)80-65(33-39-77-85(4,5)72-37-31-64-22-11-13-26-70(64)82(72)92(77)44-15-17-56-108(99,100)101)23-18-24-66(80)34-40-78-86(6,7)81-69-25-12-10-21-63(69)32-38-74(81)91(78)43-14-16-55-107(96,97)98/h10-13,21-22,25-40,57,87H,14-20,23-24,41-56,58-60H2,1-9H3,(H2-,88,95,96,97,98,99,100,101)/p+1. The van der Waals surface area contributed by atoms with Gasteiger partial charge in [-0.05, 0) is 176 Å². The first-order chi connectivity index (χ1) is 51.7. The number of anilines is 2. The molecule has 108 heavy (non-hydrogen) atoms. The van der Waals surface area contributed by atoms with Gasteiger partial charge in [-0.2, -0.15) is 26.5 Å². The molecule has 22 heteroatoms. The topological polar surface area (TPSA) is 240 Å². The number of carbonyl (C=O) groups is 2. The van der Waals surface area contributed by atoms with Crippen LogP contribution in [0.15, 0.2) is 156 Å². The number of aryl methyl sites for hydroxylation is 1.